The Morgan fingerprint density at radius 3 is 2.44 bits per heavy atom. The summed E-state index contributed by atoms with van der Waals surface area (Å²) in [5.41, 5.74) is 6.49. The van der Waals surface area contributed by atoms with Crippen LogP contribution < -0.4 is 27.5 Å². The van der Waals surface area contributed by atoms with E-state index < -0.39 is 0 Å². The Morgan fingerprint density at radius 1 is 1.25 bits per heavy atom. The SMILES string of the molecule is CCC[N+](C)(C)COc1ccccc1N.[Br-]. The standard InChI is InChI=1S/C12H21N2O.BrH/c1-4-9-14(2,3)10-15-12-8-6-5-7-11(12)13;/h5-8H,4,9-10,13H2,1-3H3;1H/q+1;/p-1. The van der Waals surface area contributed by atoms with E-state index in [0.717, 1.165) is 23.2 Å². The minimum atomic E-state index is 0. The number of rotatable bonds is 5. The van der Waals surface area contributed by atoms with Crippen LogP contribution in [0.4, 0.5) is 5.69 Å². The van der Waals surface area contributed by atoms with Gasteiger partial charge in [0.1, 0.15) is 5.75 Å². The number of ether oxygens (including phenoxy) is 1. The van der Waals surface area contributed by atoms with Gasteiger partial charge in [0.15, 0.2) is 0 Å². The molecule has 2 N–H and O–H groups in total. The summed E-state index contributed by atoms with van der Waals surface area (Å²) in [6.07, 6.45) is 1.15. The topological polar surface area (TPSA) is 35.2 Å². The quantitative estimate of drug-likeness (QED) is 0.433. The first-order valence-electron chi connectivity index (χ1n) is 5.34. The lowest BCUT2D eigenvalue weighted by Gasteiger charge is -2.28. The highest BCUT2D eigenvalue weighted by molar-refractivity contribution is 5.51. The molecule has 0 aliphatic rings. The number of hydrogen-bond acceptors (Lipinski definition) is 2. The minimum absolute atomic E-state index is 0. The summed E-state index contributed by atoms with van der Waals surface area (Å²) in [5, 5.41) is 0. The highest BCUT2D eigenvalue weighted by Gasteiger charge is 2.14. The molecule has 92 valence electrons. The number of hydrogen-bond donors (Lipinski definition) is 1. The molecule has 0 aliphatic carbocycles. The van der Waals surface area contributed by atoms with E-state index in [0.29, 0.717) is 12.4 Å². The maximum absolute atomic E-state index is 5.79. The van der Waals surface area contributed by atoms with Gasteiger partial charge in [-0.15, -0.1) is 0 Å². The molecular formula is C12H21BrN2O. The average Bonchev–Trinajstić information content (AvgIpc) is 2.16. The smallest absolute Gasteiger partial charge is 0.223 e. The van der Waals surface area contributed by atoms with Gasteiger partial charge in [0.2, 0.25) is 6.73 Å². The van der Waals surface area contributed by atoms with Crippen LogP contribution in [-0.2, 0) is 0 Å². The molecule has 1 aromatic carbocycles. The second kappa shape index (κ2) is 6.76. The number of halogens is 1. The van der Waals surface area contributed by atoms with E-state index in [1.807, 2.05) is 24.3 Å². The summed E-state index contributed by atoms with van der Waals surface area (Å²) in [7, 11) is 4.31. The van der Waals surface area contributed by atoms with Gasteiger partial charge in [0, 0.05) is 0 Å². The summed E-state index contributed by atoms with van der Waals surface area (Å²) in [4.78, 5) is 0. The van der Waals surface area contributed by atoms with E-state index in [2.05, 4.69) is 21.0 Å². The third-order valence-corrected chi connectivity index (χ3v) is 2.32. The third kappa shape index (κ3) is 4.86. The molecular weight excluding hydrogens is 268 g/mol. The molecule has 0 amide bonds. The molecule has 4 heteroatoms. The molecule has 1 aromatic rings. The Balaban J connectivity index is 0.00000225. The van der Waals surface area contributed by atoms with Gasteiger partial charge in [-0.2, -0.15) is 0 Å². The molecule has 0 aromatic heterocycles. The zero-order valence-corrected chi connectivity index (χ0v) is 11.8. The first-order chi connectivity index (χ1) is 7.05. The van der Waals surface area contributed by atoms with Gasteiger partial charge in [-0.25, -0.2) is 0 Å². The molecule has 1 rings (SSSR count). The van der Waals surface area contributed by atoms with Crippen molar-refractivity contribution in [3.05, 3.63) is 24.3 Å². The van der Waals surface area contributed by atoms with Gasteiger partial charge in [-0.3, -0.25) is 4.48 Å². The molecule has 0 radical (unpaired) electrons. The van der Waals surface area contributed by atoms with Crippen LogP contribution in [0, 0.1) is 0 Å². The van der Waals surface area contributed by atoms with Crippen LogP contribution in [0.15, 0.2) is 24.3 Å². The predicted octanol–water partition coefficient (Wildman–Crippen LogP) is -0.904. The molecule has 3 nitrogen and oxygen atoms in total. The number of benzene rings is 1. The summed E-state index contributed by atoms with van der Waals surface area (Å²) in [6.45, 7) is 3.94. The van der Waals surface area contributed by atoms with Crippen LogP contribution in [0.25, 0.3) is 0 Å². The number of para-hydroxylation sites is 2. The van der Waals surface area contributed by atoms with Crippen LogP contribution in [0.5, 0.6) is 5.75 Å². The minimum Gasteiger partial charge on any atom is -1.00 e. The molecule has 0 unspecified atom stereocenters. The van der Waals surface area contributed by atoms with Crippen LogP contribution in [0.1, 0.15) is 13.3 Å². The van der Waals surface area contributed by atoms with Gasteiger partial charge in [-0.1, -0.05) is 19.1 Å². The number of nitrogens with zero attached hydrogens (tertiary/aromatic N) is 1. The maximum atomic E-state index is 5.79. The summed E-state index contributed by atoms with van der Waals surface area (Å²) < 4.78 is 6.55. The maximum Gasteiger partial charge on any atom is 0.223 e. The highest BCUT2D eigenvalue weighted by atomic mass is 79.9. The number of quaternary nitrogens is 1. The first-order valence-corrected chi connectivity index (χ1v) is 5.34. The zero-order valence-electron chi connectivity index (χ0n) is 10.2. The Kier molecular flexibility index (Phi) is 6.45. The van der Waals surface area contributed by atoms with Gasteiger partial charge in [-0.05, 0) is 18.6 Å². The normalized spacial score (nSPS) is 10.7. The van der Waals surface area contributed by atoms with E-state index in [9.17, 15) is 0 Å². The van der Waals surface area contributed by atoms with Gasteiger partial charge in [0.05, 0.1) is 26.3 Å². The fourth-order valence-corrected chi connectivity index (χ4v) is 1.53. The summed E-state index contributed by atoms with van der Waals surface area (Å²) in [6, 6.07) is 7.61. The van der Waals surface area contributed by atoms with Crippen molar-refractivity contribution in [2.45, 2.75) is 13.3 Å². The number of anilines is 1. The molecule has 0 atom stereocenters. The molecule has 16 heavy (non-hydrogen) atoms. The lowest BCUT2D eigenvalue weighted by Crippen LogP contribution is -3.00. The molecule has 0 bridgehead atoms. The fraction of sp³-hybridized carbons (Fsp3) is 0.500. The van der Waals surface area contributed by atoms with E-state index in [-0.39, 0.29) is 17.0 Å². The highest BCUT2D eigenvalue weighted by Crippen LogP contribution is 2.20. The second-order valence-electron chi connectivity index (χ2n) is 4.47. The van der Waals surface area contributed by atoms with Crippen molar-refractivity contribution >= 4 is 5.69 Å². The first kappa shape index (κ1) is 15.3. The van der Waals surface area contributed by atoms with Crippen molar-refractivity contribution < 1.29 is 26.2 Å². The van der Waals surface area contributed by atoms with Crippen molar-refractivity contribution in [3.8, 4) is 5.75 Å². The monoisotopic (exact) mass is 288 g/mol. The van der Waals surface area contributed by atoms with Crippen molar-refractivity contribution in [2.75, 3.05) is 33.1 Å². The zero-order chi connectivity index (χ0) is 11.3. The average molecular weight is 289 g/mol. The van der Waals surface area contributed by atoms with Crippen molar-refractivity contribution in [2.24, 2.45) is 0 Å². The predicted molar refractivity (Wildman–Crippen MR) is 63.6 cm³/mol. The molecule has 0 fully saturated rings. The fourth-order valence-electron chi connectivity index (χ4n) is 1.53. The van der Waals surface area contributed by atoms with E-state index in [1.165, 1.54) is 0 Å². The Morgan fingerprint density at radius 2 is 1.88 bits per heavy atom. The summed E-state index contributed by atoms with van der Waals surface area (Å²) >= 11 is 0. The van der Waals surface area contributed by atoms with Crippen molar-refractivity contribution in [3.63, 3.8) is 0 Å². The number of nitrogens with two attached hydrogens (primary N) is 1. The molecule has 0 heterocycles. The van der Waals surface area contributed by atoms with E-state index in [4.69, 9.17) is 10.5 Å². The Hall–Kier alpha value is -0.740. The molecule has 0 aliphatic heterocycles. The number of nitrogen functional groups attached to an aromatic ring is 1. The van der Waals surface area contributed by atoms with Crippen LogP contribution in [-0.4, -0.2) is 31.9 Å². The van der Waals surface area contributed by atoms with Crippen LogP contribution >= 0.6 is 0 Å². The summed E-state index contributed by atoms with van der Waals surface area (Å²) in [5.74, 6) is 0.778. The largest absolute Gasteiger partial charge is 1.00 e. The lowest BCUT2D eigenvalue weighted by atomic mass is 10.3. The van der Waals surface area contributed by atoms with E-state index >= 15 is 0 Å². The molecule has 0 spiro atoms. The molecule has 0 saturated heterocycles. The molecule has 0 saturated carbocycles. The second-order valence-corrected chi connectivity index (χ2v) is 4.47. The van der Waals surface area contributed by atoms with Crippen LogP contribution in [0.2, 0.25) is 0 Å². The van der Waals surface area contributed by atoms with Gasteiger partial charge < -0.3 is 27.5 Å². The van der Waals surface area contributed by atoms with Crippen molar-refractivity contribution in [1.82, 2.24) is 0 Å². The van der Waals surface area contributed by atoms with Gasteiger partial charge in [0.25, 0.3) is 0 Å². The Bertz CT molecular complexity index is 316. The van der Waals surface area contributed by atoms with Crippen LogP contribution in [0.3, 0.4) is 0 Å². The van der Waals surface area contributed by atoms with Crippen molar-refractivity contribution in [1.29, 1.82) is 0 Å². The lowest BCUT2D eigenvalue weighted by molar-refractivity contribution is -0.905. The van der Waals surface area contributed by atoms with Gasteiger partial charge >= 0.3 is 0 Å². The van der Waals surface area contributed by atoms with E-state index in [1.54, 1.807) is 0 Å². The third-order valence-electron chi connectivity index (χ3n) is 2.32. The Labute approximate surface area is 109 Å².